The summed E-state index contributed by atoms with van der Waals surface area (Å²) in [4.78, 5) is 108. The van der Waals surface area contributed by atoms with Crippen LogP contribution in [0.4, 0.5) is 10.5 Å². The Balaban J connectivity index is 1.05. The van der Waals surface area contributed by atoms with Gasteiger partial charge in [-0.05, 0) is 86.7 Å². The lowest BCUT2D eigenvalue weighted by Gasteiger charge is -2.21. The van der Waals surface area contributed by atoms with Gasteiger partial charge in [-0.2, -0.15) is 8.62 Å². The molecular weight excluding hydrogens is 1070 g/mol. The number of hydrogen-bond acceptors (Lipinski definition) is 17. The number of H-pyrrole nitrogens is 1. The number of aryl methyl sites for hydroxylation is 2. The van der Waals surface area contributed by atoms with E-state index in [-0.39, 0.29) is 55.8 Å². The number of fused-ring (bicyclic) bond motifs is 2. The normalized spacial score (nSPS) is 17.2. The molecule has 3 aliphatic rings. The van der Waals surface area contributed by atoms with E-state index in [9.17, 15) is 52.6 Å². The summed E-state index contributed by atoms with van der Waals surface area (Å²) < 4.78 is 71.1. The fraction of sp³-hybridized carbons (Fsp3) is 0.333. The van der Waals surface area contributed by atoms with Crippen LogP contribution in [0.5, 0.6) is 0 Å². The van der Waals surface area contributed by atoms with Crippen LogP contribution in [0.25, 0.3) is 33.4 Å². The van der Waals surface area contributed by atoms with E-state index in [0.29, 0.717) is 52.1 Å². The van der Waals surface area contributed by atoms with Gasteiger partial charge in [-0.25, -0.2) is 28.1 Å². The second-order valence-electron chi connectivity index (χ2n) is 17.0. The number of aromatic amines is 1. The Labute approximate surface area is 438 Å². The standard InChI is InChI=1S/C48H55N6O20P3/c1-7-17-68-40-23-42(72-41(40)26-70-76(64,65)74-77(66,67)73-75(61,62)63)54-24-31(45(56)53-47(54)59)11-10-15-52-48(60)69-25-27(4)14-16-51-44(55)30-12-13-32(46(57)58)33(20-30)43-34-18-28(5)36(49-8-2)21-38(34)71-39-22-37(50-9-3)29(6)19-35(39)43/h7,12-13,18-22,24,40-42,49H,1,4,8-9,14-17,23,25-26H2,2-3,5-6H3,(H,51,55)(H,52,60)(H,57,58)(H,64,65)(H,66,67)(H,53,56,59)(H2,61,62,63)/b50-37-/t40-,41-,42-/m1/s1. The van der Waals surface area contributed by atoms with Gasteiger partial charge in [0.25, 0.3) is 11.5 Å². The zero-order chi connectivity index (χ0) is 56.4. The van der Waals surface area contributed by atoms with E-state index in [0.717, 1.165) is 32.9 Å². The van der Waals surface area contributed by atoms with Gasteiger partial charge in [-0.15, -0.1) is 6.58 Å². The molecule has 0 spiro atoms. The maximum absolute atomic E-state index is 13.6. The number of carboxylic acids is 1. The number of ether oxygens (including phenoxy) is 3. The molecule has 29 heteroatoms. The lowest BCUT2D eigenvalue weighted by Crippen LogP contribution is -2.34. The summed E-state index contributed by atoms with van der Waals surface area (Å²) in [7, 11) is -17.0. The number of phosphoric ester groups is 1. The molecule has 1 aliphatic carbocycles. The highest BCUT2D eigenvalue weighted by Crippen LogP contribution is 2.66. The highest BCUT2D eigenvalue weighted by atomic mass is 31.3. The van der Waals surface area contributed by atoms with Gasteiger partial charge in [0.05, 0.1) is 36.8 Å². The van der Waals surface area contributed by atoms with Crippen molar-refractivity contribution >= 4 is 58.1 Å². The van der Waals surface area contributed by atoms with Crippen LogP contribution in [-0.4, -0.2) is 110 Å². The first-order valence-electron chi connectivity index (χ1n) is 23.3. The number of carboxylic acid groups (broad SMARTS) is 1. The van der Waals surface area contributed by atoms with Crippen molar-refractivity contribution in [2.75, 3.05) is 51.3 Å². The average Bonchev–Trinajstić information content (AvgIpc) is 3.77. The van der Waals surface area contributed by atoms with Crippen molar-refractivity contribution in [2.24, 2.45) is 4.99 Å². The smallest absolute Gasteiger partial charge is 0.478 e. The zero-order valence-corrected chi connectivity index (χ0v) is 44.5. The molecule has 3 heterocycles. The van der Waals surface area contributed by atoms with Gasteiger partial charge in [0, 0.05) is 72.1 Å². The van der Waals surface area contributed by atoms with Crippen molar-refractivity contribution in [1.29, 1.82) is 0 Å². The molecule has 9 N–H and O–H groups in total. The van der Waals surface area contributed by atoms with Crippen molar-refractivity contribution < 1.29 is 84.5 Å². The number of aromatic nitrogens is 2. The Morgan fingerprint density at radius 3 is 2.43 bits per heavy atom. The average molecular weight is 1130 g/mol. The van der Waals surface area contributed by atoms with E-state index in [1.807, 2.05) is 52.0 Å². The molecule has 2 unspecified atom stereocenters. The summed E-state index contributed by atoms with van der Waals surface area (Å²) in [5, 5.41) is 20.3. The van der Waals surface area contributed by atoms with E-state index in [4.69, 9.17) is 28.4 Å². The van der Waals surface area contributed by atoms with Crippen LogP contribution in [0.15, 0.2) is 92.5 Å². The van der Waals surface area contributed by atoms with Gasteiger partial charge in [0.2, 0.25) is 0 Å². The van der Waals surface area contributed by atoms with E-state index >= 15 is 0 Å². The number of hydrogen-bond donors (Lipinski definition) is 9. The van der Waals surface area contributed by atoms with Crippen LogP contribution in [0.2, 0.25) is 0 Å². The van der Waals surface area contributed by atoms with Gasteiger partial charge in [0.1, 0.15) is 35.8 Å². The minimum absolute atomic E-state index is 0.0305. The van der Waals surface area contributed by atoms with Crippen molar-refractivity contribution in [3.63, 3.8) is 0 Å². The largest absolute Gasteiger partial charge is 0.490 e. The number of benzene rings is 3. The summed E-state index contributed by atoms with van der Waals surface area (Å²) in [6, 6.07) is 11.9. The zero-order valence-electron chi connectivity index (χ0n) is 41.8. The minimum atomic E-state index is -5.81. The molecule has 0 radical (unpaired) electrons. The molecule has 2 aromatic carbocycles. The Morgan fingerprint density at radius 2 is 1.74 bits per heavy atom. The van der Waals surface area contributed by atoms with Crippen molar-refractivity contribution in [3.05, 3.63) is 127 Å². The molecule has 2 aliphatic heterocycles. The van der Waals surface area contributed by atoms with Crippen LogP contribution in [0.3, 0.4) is 0 Å². The minimum Gasteiger partial charge on any atom is -0.478 e. The molecule has 1 aromatic heterocycles. The van der Waals surface area contributed by atoms with Gasteiger partial charge in [-0.1, -0.05) is 24.5 Å². The molecule has 412 valence electrons. The van der Waals surface area contributed by atoms with Crippen LogP contribution in [0.1, 0.15) is 70.3 Å². The number of nitrogens with one attached hydrogen (secondary N) is 4. The first kappa shape index (κ1) is 59.4. The van der Waals surface area contributed by atoms with Crippen molar-refractivity contribution in [1.82, 2.24) is 20.2 Å². The van der Waals surface area contributed by atoms with Gasteiger partial charge in [-0.3, -0.25) is 28.7 Å². The van der Waals surface area contributed by atoms with E-state index in [1.54, 1.807) is 0 Å². The molecule has 0 bridgehead atoms. The van der Waals surface area contributed by atoms with Crippen LogP contribution in [0, 0.1) is 25.7 Å². The number of phosphoric acid groups is 3. The topological polar surface area (TPSA) is 375 Å². The summed E-state index contributed by atoms with van der Waals surface area (Å²) in [6.07, 6.45) is -1.96. The second kappa shape index (κ2) is 25.6. The number of nitrogens with zero attached hydrogens (tertiary/aromatic N) is 2. The van der Waals surface area contributed by atoms with E-state index < -0.39 is 77.7 Å². The molecule has 1 fully saturated rings. The van der Waals surface area contributed by atoms with Gasteiger partial charge < -0.3 is 59.3 Å². The molecular formula is C48H55N6O20P3. The third kappa shape index (κ3) is 15.9. The predicted octanol–water partition coefficient (Wildman–Crippen LogP) is 5.38. The molecule has 1 saturated heterocycles. The fourth-order valence-electron chi connectivity index (χ4n) is 7.93. The SMILES string of the molecule is C=CCO[C@@H]1C[C@H](n2cc(C#CCNC(=O)OCC(=C)CCNC(=O)c3ccc(C(=O)O)c(-c4c5cc(C)/c(=N\CC)cc-5oc5cc(NCC)c(C)cc45)c3)c(=O)[nH]c2=O)O[C@@H]1COP(=O)(O)OP(=O)(O)OP(=O)(O)O. The number of alkyl carbamates (subject to hydrolysis) is 1. The van der Waals surface area contributed by atoms with Crippen molar-refractivity contribution in [2.45, 2.75) is 59.0 Å². The highest BCUT2D eigenvalue weighted by molar-refractivity contribution is 7.66. The predicted molar refractivity (Wildman–Crippen MR) is 277 cm³/mol. The number of amides is 2. The first-order valence-corrected chi connectivity index (χ1v) is 27.8. The molecule has 6 rings (SSSR count). The number of aromatic carboxylic acids is 1. The molecule has 2 amide bonds. The third-order valence-electron chi connectivity index (χ3n) is 11.3. The number of carbonyl (C=O) groups excluding carboxylic acids is 2. The van der Waals surface area contributed by atoms with Gasteiger partial charge >= 0.3 is 41.2 Å². The second-order valence-corrected chi connectivity index (χ2v) is 21.4. The van der Waals surface area contributed by atoms with Crippen LogP contribution < -0.4 is 32.6 Å². The maximum atomic E-state index is 13.6. The number of carbonyl (C=O) groups is 3. The number of anilines is 1. The summed E-state index contributed by atoms with van der Waals surface area (Å²) in [5.41, 5.74) is 3.05. The monoisotopic (exact) mass is 1130 g/mol. The van der Waals surface area contributed by atoms with Crippen LogP contribution in [-0.2, 0) is 41.1 Å². The Bertz CT molecular complexity index is 3480. The van der Waals surface area contributed by atoms with Gasteiger partial charge in [0.15, 0.2) is 0 Å². The molecule has 3 aromatic rings. The lowest BCUT2D eigenvalue weighted by molar-refractivity contribution is -0.0571. The van der Waals surface area contributed by atoms with Crippen molar-refractivity contribution in [3.8, 4) is 34.3 Å². The molecule has 0 saturated carbocycles. The maximum Gasteiger partial charge on any atom is 0.490 e. The quantitative estimate of drug-likeness (QED) is 0.0172. The van der Waals surface area contributed by atoms with E-state index in [1.165, 1.54) is 24.3 Å². The first-order chi connectivity index (χ1) is 36.3. The number of rotatable bonds is 23. The Hall–Kier alpha value is -6.81. The van der Waals surface area contributed by atoms with Crippen LogP contribution >= 0.6 is 23.5 Å². The molecule has 77 heavy (non-hydrogen) atoms. The summed E-state index contributed by atoms with van der Waals surface area (Å²) in [5.74, 6) is 3.85. The summed E-state index contributed by atoms with van der Waals surface area (Å²) >= 11 is 0. The molecule has 5 atom stereocenters. The fourth-order valence-corrected chi connectivity index (χ4v) is 11.0. The third-order valence-corrected chi connectivity index (χ3v) is 15.1. The highest BCUT2D eigenvalue weighted by Gasteiger charge is 2.43. The molecule has 26 nitrogen and oxygen atoms in total. The Kier molecular flexibility index (Phi) is 19.7. The lowest BCUT2D eigenvalue weighted by atomic mass is 9.88. The Morgan fingerprint density at radius 1 is 0.987 bits per heavy atom. The van der Waals surface area contributed by atoms with E-state index in [2.05, 4.69) is 64.1 Å². The summed E-state index contributed by atoms with van der Waals surface area (Å²) in [6.45, 7) is 14.9.